The van der Waals surface area contributed by atoms with Gasteiger partial charge in [-0.05, 0) is 53.4 Å². The molecule has 6 heteroatoms. The molecular formula is C14H18BrClN4. The van der Waals surface area contributed by atoms with E-state index in [9.17, 15) is 0 Å². The molecule has 0 spiro atoms. The van der Waals surface area contributed by atoms with Crippen LogP contribution in [0.2, 0.25) is 5.02 Å². The molecular weight excluding hydrogens is 340 g/mol. The van der Waals surface area contributed by atoms with E-state index < -0.39 is 0 Å². The maximum Gasteiger partial charge on any atom is 0.103 e. The van der Waals surface area contributed by atoms with Gasteiger partial charge in [-0.3, -0.25) is 0 Å². The zero-order chi connectivity index (χ0) is 14.9. The van der Waals surface area contributed by atoms with E-state index in [1.165, 1.54) is 0 Å². The Hall–Kier alpha value is -0.910. The molecule has 1 aromatic heterocycles. The van der Waals surface area contributed by atoms with Crippen molar-refractivity contribution in [3.05, 3.63) is 38.6 Å². The summed E-state index contributed by atoms with van der Waals surface area (Å²) in [5, 5.41) is 9.22. The fourth-order valence-electron chi connectivity index (χ4n) is 2.12. The molecule has 0 radical (unpaired) electrons. The first-order chi connectivity index (χ1) is 9.49. The molecule has 0 fully saturated rings. The highest BCUT2D eigenvalue weighted by Gasteiger charge is 2.19. The third kappa shape index (κ3) is 2.75. The maximum absolute atomic E-state index is 6.22. The monoisotopic (exact) mass is 356 g/mol. The van der Waals surface area contributed by atoms with Gasteiger partial charge in [0.05, 0.1) is 17.4 Å². The second kappa shape index (κ2) is 6.24. The number of hydrogen-bond acceptors (Lipinski definition) is 3. The highest BCUT2D eigenvalue weighted by molar-refractivity contribution is 9.10. The van der Waals surface area contributed by atoms with E-state index in [0.29, 0.717) is 5.02 Å². The van der Waals surface area contributed by atoms with Crippen LogP contribution in [0.15, 0.2) is 16.6 Å². The SMILES string of the molecule is CCc1c(C(N)CC)nnn1-c1cc(Cl)c(C)cc1Br. The zero-order valence-electron chi connectivity index (χ0n) is 11.8. The standard InChI is InChI=1S/C14H18BrClN4/c1-4-11(17)14-12(5-2)20(19-18-14)13-7-10(16)8(3)6-9(13)15/h6-7,11H,4-5,17H2,1-3H3. The molecule has 0 amide bonds. The highest BCUT2D eigenvalue weighted by atomic mass is 79.9. The van der Waals surface area contributed by atoms with Crippen LogP contribution in [0, 0.1) is 6.92 Å². The fraction of sp³-hybridized carbons (Fsp3) is 0.429. The van der Waals surface area contributed by atoms with E-state index in [0.717, 1.165) is 40.0 Å². The lowest BCUT2D eigenvalue weighted by molar-refractivity contribution is 0.665. The van der Waals surface area contributed by atoms with Gasteiger partial charge in [0.15, 0.2) is 0 Å². The van der Waals surface area contributed by atoms with E-state index in [-0.39, 0.29) is 6.04 Å². The van der Waals surface area contributed by atoms with Crippen molar-refractivity contribution >= 4 is 27.5 Å². The molecule has 1 aromatic carbocycles. The predicted octanol–water partition coefficient (Wildman–Crippen LogP) is 3.96. The molecule has 2 rings (SSSR count). The summed E-state index contributed by atoms with van der Waals surface area (Å²) in [4.78, 5) is 0. The van der Waals surface area contributed by atoms with E-state index in [2.05, 4.69) is 33.2 Å². The Morgan fingerprint density at radius 2 is 2.10 bits per heavy atom. The summed E-state index contributed by atoms with van der Waals surface area (Å²) >= 11 is 9.79. The van der Waals surface area contributed by atoms with Crippen LogP contribution in [-0.2, 0) is 6.42 Å². The average molecular weight is 358 g/mol. The molecule has 0 saturated heterocycles. The van der Waals surface area contributed by atoms with E-state index in [1.807, 2.05) is 30.7 Å². The summed E-state index contributed by atoms with van der Waals surface area (Å²) in [6.07, 6.45) is 1.65. The van der Waals surface area contributed by atoms with Gasteiger partial charge in [0.2, 0.25) is 0 Å². The number of halogens is 2. The van der Waals surface area contributed by atoms with Crippen molar-refractivity contribution in [3.8, 4) is 5.69 Å². The second-order valence-corrected chi connectivity index (χ2v) is 6.02. The lowest BCUT2D eigenvalue weighted by Crippen LogP contribution is -2.12. The first kappa shape index (κ1) is 15.5. The minimum Gasteiger partial charge on any atom is -0.323 e. The number of nitrogens with two attached hydrogens (primary N) is 1. The van der Waals surface area contributed by atoms with Crippen LogP contribution in [0.1, 0.15) is 43.3 Å². The number of aryl methyl sites for hydroxylation is 1. The molecule has 0 aliphatic heterocycles. The van der Waals surface area contributed by atoms with Crippen molar-refractivity contribution in [2.45, 2.75) is 39.7 Å². The topological polar surface area (TPSA) is 56.7 Å². The lowest BCUT2D eigenvalue weighted by Gasteiger charge is -2.12. The largest absolute Gasteiger partial charge is 0.323 e. The van der Waals surface area contributed by atoms with Crippen molar-refractivity contribution in [2.75, 3.05) is 0 Å². The summed E-state index contributed by atoms with van der Waals surface area (Å²) in [5.41, 5.74) is 9.90. The van der Waals surface area contributed by atoms with Crippen LogP contribution in [0.5, 0.6) is 0 Å². The first-order valence-electron chi connectivity index (χ1n) is 6.65. The van der Waals surface area contributed by atoms with Gasteiger partial charge in [0.1, 0.15) is 5.69 Å². The van der Waals surface area contributed by atoms with Crippen LogP contribution in [0.4, 0.5) is 0 Å². The summed E-state index contributed by atoms with van der Waals surface area (Å²) in [6.45, 7) is 6.09. The van der Waals surface area contributed by atoms with E-state index >= 15 is 0 Å². The second-order valence-electron chi connectivity index (χ2n) is 4.75. The Labute approximate surface area is 132 Å². The molecule has 0 aliphatic carbocycles. The van der Waals surface area contributed by atoms with Gasteiger partial charge in [-0.15, -0.1) is 5.10 Å². The Balaban J connectivity index is 2.59. The molecule has 1 heterocycles. The minimum atomic E-state index is -0.0848. The van der Waals surface area contributed by atoms with Gasteiger partial charge < -0.3 is 5.73 Å². The van der Waals surface area contributed by atoms with Gasteiger partial charge in [-0.25, -0.2) is 4.68 Å². The van der Waals surface area contributed by atoms with Crippen LogP contribution in [0.3, 0.4) is 0 Å². The molecule has 1 unspecified atom stereocenters. The molecule has 108 valence electrons. The third-order valence-corrected chi connectivity index (χ3v) is 4.42. The summed E-state index contributed by atoms with van der Waals surface area (Å²) in [7, 11) is 0. The Morgan fingerprint density at radius 3 is 2.70 bits per heavy atom. The Kier molecular flexibility index (Phi) is 4.83. The smallest absolute Gasteiger partial charge is 0.103 e. The maximum atomic E-state index is 6.22. The van der Waals surface area contributed by atoms with Gasteiger partial charge in [-0.2, -0.15) is 0 Å². The Morgan fingerprint density at radius 1 is 1.40 bits per heavy atom. The van der Waals surface area contributed by atoms with Crippen LogP contribution in [0.25, 0.3) is 5.69 Å². The normalized spacial score (nSPS) is 12.7. The van der Waals surface area contributed by atoms with Crippen molar-refractivity contribution in [1.29, 1.82) is 0 Å². The predicted molar refractivity (Wildman–Crippen MR) is 85.4 cm³/mol. The summed E-state index contributed by atoms with van der Waals surface area (Å²) < 4.78 is 2.76. The highest BCUT2D eigenvalue weighted by Crippen LogP contribution is 2.29. The van der Waals surface area contributed by atoms with Crippen molar-refractivity contribution < 1.29 is 0 Å². The molecule has 0 saturated carbocycles. The molecule has 2 N–H and O–H groups in total. The number of aromatic nitrogens is 3. The van der Waals surface area contributed by atoms with Crippen molar-refractivity contribution in [3.63, 3.8) is 0 Å². The van der Waals surface area contributed by atoms with Gasteiger partial charge in [0, 0.05) is 9.50 Å². The molecule has 4 nitrogen and oxygen atoms in total. The molecule has 2 aromatic rings. The van der Waals surface area contributed by atoms with Gasteiger partial charge in [-0.1, -0.05) is 30.7 Å². The lowest BCUT2D eigenvalue weighted by atomic mass is 10.1. The number of hydrogen-bond donors (Lipinski definition) is 1. The van der Waals surface area contributed by atoms with Crippen LogP contribution >= 0.6 is 27.5 Å². The molecule has 0 bridgehead atoms. The zero-order valence-corrected chi connectivity index (χ0v) is 14.2. The summed E-state index contributed by atoms with van der Waals surface area (Å²) in [6, 6.07) is 3.80. The number of benzene rings is 1. The fourth-order valence-corrected chi connectivity index (χ4v) is 2.90. The van der Waals surface area contributed by atoms with Crippen LogP contribution in [-0.4, -0.2) is 15.0 Å². The average Bonchev–Trinajstić information content (AvgIpc) is 2.85. The third-order valence-electron chi connectivity index (χ3n) is 3.38. The van der Waals surface area contributed by atoms with Crippen molar-refractivity contribution in [2.24, 2.45) is 5.73 Å². The van der Waals surface area contributed by atoms with Crippen LogP contribution < -0.4 is 5.73 Å². The molecule has 1 atom stereocenters. The van der Waals surface area contributed by atoms with Crippen molar-refractivity contribution in [1.82, 2.24) is 15.0 Å². The van der Waals surface area contributed by atoms with Gasteiger partial charge in [0.25, 0.3) is 0 Å². The molecule has 20 heavy (non-hydrogen) atoms. The number of nitrogens with zero attached hydrogens (tertiary/aromatic N) is 3. The van der Waals surface area contributed by atoms with E-state index in [1.54, 1.807) is 0 Å². The Bertz CT molecular complexity index is 624. The molecule has 0 aliphatic rings. The number of rotatable bonds is 4. The summed E-state index contributed by atoms with van der Waals surface area (Å²) in [5.74, 6) is 0. The quantitative estimate of drug-likeness (QED) is 0.901. The van der Waals surface area contributed by atoms with E-state index in [4.69, 9.17) is 17.3 Å². The first-order valence-corrected chi connectivity index (χ1v) is 7.82. The minimum absolute atomic E-state index is 0.0848. The van der Waals surface area contributed by atoms with Gasteiger partial charge >= 0.3 is 0 Å².